The van der Waals surface area contributed by atoms with Crippen LogP contribution in [-0.4, -0.2) is 99.8 Å². The van der Waals surface area contributed by atoms with Gasteiger partial charge >= 0.3 is 18.8 Å². The summed E-state index contributed by atoms with van der Waals surface area (Å²) in [6, 6.07) is 20.3. The number of hydrogen-bond donors (Lipinski definition) is 4. The Labute approximate surface area is 383 Å². The van der Waals surface area contributed by atoms with Crippen molar-refractivity contribution in [2.75, 3.05) is 27.4 Å². The van der Waals surface area contributed by atoms with Crippen LogP contribution in [0.3, 0.4) is 0 Å². The molecule has 4 aliphatic rings. The van der Waals surface area contributed by atoms with E-state index in [1.165, 1.54) is 14.2 Å². The summed E-state index contributed by atoms with van der Waals surface area (Å²) in [4.78, 5) is 73.1. The summed E-state index contributed by atoms with van der Waals surface area (Å²) in [5.74, 6) is 1.11. The third-order valence-corrected chi connectivity index (χ3v) is 13.6. The molecule has 18 heteroatoms. The molecule has 1 unspecified atom stereocenters. The highest BCUT2D eigenvalue weighted by Crippen LogP contribution is 2.53. The van der Waals surface area contributed by atoms with Crippen molar-refractivity contribution in [2.24, 2.45) is 17.8 Å². The maximum Gasteiger partial charge on any atom is 0.407 e. The number of hydrogen-bond acceptors (Lipinski definition) is 10. The van der Waals surface area contributed by atoms with E-state index in [-0.39, 0.29) is 37.1 Å². The van der Waals surface area contributed by atoms with Gasteiger partial charge in [-0.05, 0) is 83.0 Å². The van der Waals surface area contributed by atoms with Crippen molar-refractivity contribution >= 4 is 45.8 Å². The molecule has 0 radical (unpaired) electrons. The maximum absolute atomic E-state index is 14.4. The lowest BCUT2D eigenvalue weighted by molar-refractivity contribution is -0.139. The molecule has 67 heavy (non-hydrogen) atoms. The van der Waals surface area contributed by atoms with Gasteiger partial charge in [-0.1, -0.05) is 62.4 Å². The number of alkyl halides is 2. The highest BCUT2D eigenvalue weighted by atomic mass is 19.3. The smallest absolute Gasteiger partial charge is 0.407 e. The molecule has 5 heterocycles. The van der Waals surface area contributed by atoms with E-state index in [2.05, 4.69) is 38.8 Å². The lowest BCUT2D eigenvalue weighted by Crippen LogP contribution is -2.52. The number of halogens is 2. The van der Waals surface area contributed by atoms with E-state index >= 15 is 0 Å². The van der Waals surface area contributed by atoms with Gasteiger partial charge in [-0.3, -0.25) is 9.59 Å². The maximum atomic E-state index is 14.4. The highest BCUT2D eigenvalue weighted by molar-refractivity contribution is 6.07. The Kier molecular flexibility index (Phi) is 11.5. The first-order valence-electron chi connectivity index (χ1n) is 22.4. The number of H-pyrrole nitrogens is 2. The lowest BCUT2D eigenvalue weighted by atomic mass is 9.92. The third-order valence-electron chi connectivity index (χ3n) is 13.6. The minimum absolute atomic E-state index is 0.0989. The van der Waals surface area contributed by atoms with Crippen LogP contribution in [0.4, 0.5) is 18.4 Å². The summed E-state index contributed by atoms with van der Waals surface area (Å²) < 4.78 is 47.2. The van der Waals surface area contributed by atoms with Gasteiger partial charge in [0.1, 0.15) is 36.1 Å². The van der Waals surface area contributed by atoms with E-state index in [9.17, 15) is 28.0 Å². The molecule has 4 aromatic carbocycles. The molecule has 0 spiro atoms. The zero-order valence-corrected chi connectivity index (χ0v) is 37.3. The topological polar surface area (TPSA) is 193 Å². The number of ether oxygens (including phenoxy) is 4. The van der Waals surface area contributed by atoms with Crippen LogP contribution in [0.25, 0.3) is 44.2 Å². The normalized spacial score (nSPS) is 21.4. The first-order valence-corrected chi connectivity index (χ1v) is 22.4. The number of aromatic nitrogens is 4. The summed E-state index contributed by atoms with van der Waals surface area (Å²) in [5, 5.41) is 7.15. The summed E-state index contributed by atoms with van der Waals surface area (Å²) in [6.07, 6.45) is 2.39. The Morgan fingerprint density at radius 2 is 1.66 bits per heavy atom. The second-order valence-electron chi connectivity index (χ2n) is 18.1. The number of nitrogens with zero attached hydrogens (tertiary/aromatic N) is 4. The molecule has 0 bridgehead atoms. The third kappa shape index (κ3) is 8.27. The number of likely N-dealkylation sites (tertiary alicyclic amines) is 2. The summed E-state index contributed by atoms with van der Waals surface area (Å²) >= 11 is 0. The van der Waals surface area contributed by atoms with Gasteiger partial charge in [0.15, 0.2) is 0 Å². The number of rotatable bonds is 12. The van der Waals surface area contributed by atoms with Crippen LogP contribution in [0.1, 0.15) is 74.0 Å². The minimum atomic E-state index is -2.97. The van der Waals surface area contributed by atoms with Gasteiger partial charge in [0.25, 0.3) is 5.91 Å². The van der Waals surface area contributed by atoms with Gasteiger partial charge in [-0.25, -0.2) is 19.6 Å². The first-order chi connectivity index (χ1) is 32.4. The van der Waals surface area contributed by atoms with E-state index in [1.807, 2.05) is 43.0 Å². The Morgan fingerprint density at radius 3 is 2.42 bits per heavy atom. The van der Waals surface area contributed by atoms with Gasteiger partial charge in [-0.2, -0.15) is 8.78 Å². The molecule has 348 valence electrons. The van der Waals surface area contributed by atoms with Crippen molar-refractivity contribution < 1.29 is 46.9 Å². The van der Waals surface area contributed by atoms with Crippen molar-refractivity contribution in [1.82, 2.24) is 40.4 Å². The van der Waals surface area contributed by atoms with E-state index in [4.69, 9.17) is 28.9 Å². The molecule has 3 aliphatic heterocycles. The average molecular weight is 917 g/mol. The number of benzene rings is 4. The van der Waals surface area contributed by atoms with Crippen LogP contribution >= 0.6 is 0 Å². The zero-order valence-electron chi connectivity index (χ0n) is 37.3. The number of fused-ring (bicyclic) bond motifs is 7. The number of carbonyl (C=O) groups is 4. The van der Waals surface area contributed by atoms with Crippen LogP contribution in [0.2, 0.25) is 0 Å². The number of nitrogens with one attached hydrogen (secondary N) is 4. The molecule has 6 aromatic rings. The van der Waals surface area contributed by atoms with E-state index < -0.39 is 48.7 Å². The molecule has 4 amide bonds. The Balaban J connectivity index is 0.917. The van der Waals surface area contributed by atoms with Crippen molar-refractivity contribution in [2.45, 2.75) is 76.5 Å². The predicted octanol–water partition coefficient (Wildman–Crippen LogP) is 7.93. The van der Waals surface area contributed by atoms with Crippen molar-refractivity contribution in [1.29, 1.82) is 0 Å². The Hall–Kier alpha value is -7.08. The fourth-order valence-electron chi connectivity index (χ4n) is 10.2. The molecule has 3 fully saturated rings. The largest absolute Gasteiger partial charge is 0.488 e. The molecule has 7 atom stereocenters. The minimum Gasteiger partial charge on any atom is -0.488 e. The SMILES string of the molecule is COC(=O)N[C@H](C(=O)N1[C@@H]2CC2C[C@H]1c1ncc(-c2ccc3c(c2)COc2cc4c(ccc5nc([C@@H]6C[C@H](COC(F)F)CN6C(=O)[C@H](NC(=O)OC)c6ccccc6)[nH]c54)cc2-3)[nH]1)C(C)C. The van der Waals surface area contributed by atoms with Crippen LogP contribution in [-0.2, 0) is 30.4 Å². The number of amides is 4. The Morgan fingerprint density at radius 1 is 0.866 bits per heavy atom. The molecule has 1 saturated carbocycles. The number of imidazole rings is 2. The standard InChI is InChI=1S/C49H50F2N8O8/c1-24(2)40(56-48(62)64-3)46(61)59-36-17-29(36)18-38(59)43-52-20-35(54-43)28-10-12-31-30(15-28)23-66-39-19-32-27(16-33(31)39)11-13-34-42(32)55-44(53-34)37-14-25(22-67-47(50)51)21-58(37)45(60)41(57-49(63)65-4)26-8-6-5-7-9-26/h5-13,15-16,19-20,24-25,29,36-38,40-41,47H,14,17-18,21-23H2,1-4H3,(H,52,54)(H,53,55)(H,56,62)(H,57,63)/t25-,29?,36+,37-,38-,40-,41+/m0/s1. The molecular formula is C49H50F2N8O8. The summed E-state index contributed by atoms with van der Waals surface area (Å²) in [7, 11) is 2.50. The summed E-state index contributed by atoms with van der Waals surface area (Å²) in [6.45, 7) is 0.983. The van der Waals surface area contributed by atoms with Gasteiger partial charge in [0.05, 0.1) is 55.8 Å². The van der Waals surface area contributed by atoms with Crippen molar-refractivity contribution in [3.63, 3.8) is 0 Å². The van der Waals surface area contributed by atoms with Crippen LogP contribution in [0.15, 0.2) is 79.0 Å². The monoisotopic (exact) mass is 916 g/mol. The molecule has 2 aromatic heterocycles. The molecule has 4 N–H and O–H groups in total. The van der Waals surface area contributed by atoms with E-state index in [0.29, 0.717) is 47.4 Å². The number of carbonyl (C=O) groups excluding carboxylic acids is 4. The fourth-order valence-corrected chi connectivity index (χ4v) is 10.2. The lowest BCUT2D eigenvalue weighted by Gasteiger charge is -2.31. The number of aromatic amines is 2. The quantitative estimate of drug-likeness (QED) is 0.0937. The number of methoxy groups -OCH3 is 2. The second kappa shape index (κ2) is 17.6. The van der Waals surface area contributed by atoms with Gasteiger partial charge in [0.2, 0.25) is 5.91 Å². The summed E-state index contributed by atoms with van der Waals surface area (Å²) in [5.41, 5.74) is 6.56. The first kappa shape index (κ1) is 43.8. The van der Waals surface area contributed by atoms with E-state index in [0.717, 1.165) is 57.1 Å². The molecule has 2 saturated heterocycles. The molecule has 10 rings (SSSR count). The van der Waals surface area contributed by atoms with E-state index in [1.54, 1.807) is 41.4 Å². The number of alkyl carbamates (subject to hydrolysis) is 2. The van der Waals surface area contributed by atoms with Crippen molar-refractivity contribution in [3.8, 4) is 28.1 Å². The van der Waals surface area contributed by atoms with Gasteiger partial charge < -0.3 is 49.3 Å². The van der Waals surface area contributed by atoms with Crippen LogP contribution in [0, 0.1) is 17.8 Å². The van der Waals surface area contributed by atoms with Crippen LogP contribution in [0.5, 0.6) is 5.75 Å². The second-order valence-corrected chi connectivity index (χ2v) is 18.1. The molecular weight excluding hydrogens is 867 g/mol. The predicted molar refractivity (Wildman–Crippen MR) is 240 cm³/mol. The van der Waals surface area contributed by atoms with Gasteiger partial charge in [-0.15, -0.1) is 0 Å². The zero-order chi connectivity index (χ0) is 46.7. The number of piperidine rings is 1. The van der Waals surface area contributed by atoms with Crippen LogP contribution < -0.4 is 15.4 Å². The van der Waals surface area contributed by atoms with Gasteiger partial charge in [0, 0.05) is 29.5 Å². The molecule has 1 aliphatic carbocycles. The Bertz CT molecular complexity index is 2890. The average Bonchev–Trinajstić information content (AvgIpc) is 3.81. The molecule has 16 nitrogen and oxygen atoms in total. The fraction of sp³-hybridized carbons (Fsp3) is 0.388. The van der Waals surface area contributed by atoms with Crippen molar-refractivity contribution in [3.05, 3.63) is 102 Å². The highest BCUT2D eigenvalue weighted by Gasteiger charge is 2.56.